The summed E-state index contributed by atoms with van der Waals surface area (Å²) >= 11 is 1.76. The van der Waals surface area contributed by atoms with Gasteiger partial charge in [0.05, 0.1) is 12.6 Å². The first-order chi connectivity index (χ1) is 13.0. The number of thioether (sulfide) groups is 1. The number of amides is 2. The molecule has 0 aromatic heterocycles. The van der Waals surface area contributed by atoms with Crippen LogP contribution in [0.1, 0.15) is 29.8 Å². The van der Waals surface area contributed by atoms with E-state index in [2.05, 4.69) is 22.8 Å². The summed E-state index contributed by atoms with van der Waals surface area (Å²) in [5.41, 5.74) is 1.77. The molecule has 2 rings (SSSR count). The first kappa shape index (κ1) is 20.8. The number of hydrogen-bond acceptors (Lipinski definition) is 4. The number of benzene rings is 2. The standard InChI is InChI=1S/C21H26N2O3S/c1-16(2)26-19-10-8-18(9-11-19)21(25)23-14-20(24)22-12-13-27-15-17-6-4-3-5-7-17/h3-11,16H,12-15H2,1-2H3,(H,22,24)(H,23,25). The van der Waals surface area contributed by atoms with Crippen LogP contribution in [-0.4, -0.2) is 36.8 Å². The summed E-state index contributed by atoms with van der Waals surface area (Å²) in [4.78, 5) is 23.9. The molecule has 6 heteroatoms. The molecule has 0 saturated heterocycles. The second-order valence-electron chi connectivity index (χ2n) is 6.26. The maximum absolute atomic E-state index is 12.1. The molecular formula is C21H26N2O3S. The minimum Gasteiger partial charge on any atom is -0.491 e. The average Bonchev–Trinajstić information content (AvgIpc) is 2.67. The topological polar surface area (TPSA) is 67.4 Å². The predicted molar refractivity (Wildman–Crippen MR) is 110 cm³/mol. The van der Waals surface area contributed by atoms with Crippen LogP contribution in [0.4, 0.5) is 0 Å². The minimum atomic E-state index is -0.278. The molecule has 0 saturated carbocycles. The Morgan fingerprint density at radius 3 is 2.37 bits per heavy atom. The Labute approximate surface area is 164 Å². The molecule has 5 nitrogen and oxygen atoms in total. The summed E-state index contributed by atoms with van der Waals surface area (Å²) in [6.45, 7) is 4.43. The minimum absolute atomic E-state index is 0.0353. The fraction of sp³-hybridized carbons (Fsp3) is 0.333. The summed E-state index contributed by atoms with van der Waals surface area (Å²) < 4.78 is 5.54. The fourth-order valence-corrected chi connectivity index (χ4v) is 3.13. The van der Waals surface area contributed by atoms with Crippen LogP contribution in [0, 0.1) is 0 Å². The molecule has 27 heavy (non-hydrogen) atoms. The quantitative estimate of drug-likeness (QED) is 0.615. The molecular weight excluding hydrogens is 360 g/mol. The van der Waals surface area contributed by atoms with E-state index >= 15 is 0 Å². The lowest BCUT2D eigenvalue weighted by Gasteiger charge is -2.10. The Morgan fingerprint density at radius 2 is 1.70 bits per heavy atom. The Balaban J connectivity index is 1.61. The number of rotatable bonds is 10. The zero-order valence-corrected chi connectivity index (χ0v) is 16.6. The maximum Gasteiger partial charge on any atom is 0.251 e. The van der Waals surface area contributed by atoms with Gasteiger partial charge in [-0.1, -0.05) is 30.3 Å². The monoisotopic (exact) mass is 386 g/mol. The van der Waals surface area contributed by atoms with Gasteiger partial charge in [-0.05, 0) is 43.7 Å². The summed E-state index contributed by atoms with van der Waals surface area (Å²) in [7, 11) is 0. The molecule has 0 aliphatic rings. The molecule has 0 atom stereocenters. The van der Waals surface area contributed by atoms with Gasteiger partial charge in [0.15, 0.2) is 0 Å². The highest BCUT2D eigenvalue weighted by molar-refractivity contribution is 7.98. The van der Waals surface area contributed by atoms with E-state index in [0.29, 0.717) is 17.9 Å². The van der Waals surface area contributed by atoms with Crippen LogP contribution < -0.4 is 15.4 Å². The van der Waals surface area contributed by atoms with Gasteiger partial charge < -0.3 is 15.4 Å². The van der Waals surface area contributed by atoms with E-state index in [1.807, 2.05) is 32.0 Å². The van der Waals surface area contributed by atoms with Gasteiger partial charge in [0.2, 0.25) is 5.91 Å². The molecule has 2 N–H and O–H groups in total. The number of ether oxygens (including phenoxy) is 1. The van der Waals surface area contributed by atoms with Gasteiger partial charge in [-0.2, -0.15) is 11.8 Å². The zero-order chi connectivity index (χ0) is 19.5. The molecule has 0 unspecified atom stereocenters. The number of carbonyl (C=O) groups excluding carboxylic acids is 2. The Morgan fingerprint density at radius 1 is 1.00 bits per heavy atom. The molecule has 0 aliphatic carbocycles. The van der Waals surface area contributed by atoms with Gasteiger partial charge in [0.1, 0.15) is 5.75 Å². The molecule has 2 aromatic rings. The smallest absolute Gasteiger partial charge is 0.251 e. The van der Waals surface area contributed by atoms with Crippen molar-refractivity contribution in [2.75, 3.05) is 18.8 Å². The molecule has 144 valence electrons. The summed E-state index contributed by atoms with van der Waals surface area (Å²) in [5.74, 6) is 1.99. The molecule has 0 heterocycles. The number of nitrogens with one attached hydrogen (secondary N) is 2. The molecule has 0 radical (unpaired) electrons. The van der Waals surface area contributed by atoms with Crippen molar-refractivity contribution in [3.05, 3.63) is 65.7 Å². The van der Waals surface area contributed by atoms with Crippen LogP contribution in [-0.2, 0) is 10.5 Å². The van der Waals surface area contributed by atoms with Gasteiger partial charge >= 0.3 is 0 Å². The van der Waals surface area contributed by atoms with E-state index in [1.165, 1.54) is 5.56 Å². The van der Waals surface area contributed by atoms with Crippen LogP contribution in [0.25, 0.3) is 0 Å². The molecule has 0 fully saturated rings. The maximum atomic E-state index is 12.1. The van der Waals surface area contributed by atoms with Crippen molar-refractivity contribution in [3.8, 4) is 5.75 Å². The molecule has 0 aliphatic heterocycles. The van der Waals surface area contributed by atoms with Gasteiger partial charge in [-0.25, -0.2) is 0 Å². The van der Waals surface area contributed by atoms with Crippen molar-refractivity contribution >= 4 is 23.6 Å². The lowest BCUT2D eigenvalue weighted by molar-refractivity contribution is -0.120. The normalized spacial score (nSPS) is 10.5. The Bertz CT molecular complexity index is 718. The second-order valence-corrected chi connectivity index (χ2v) is 7.37. The summed E-state index contributed by atoms with van der Waals surface area (Å²) in [6.07, 6.45) is 0.0826. The van der Waals surface area contributed by atoms with E-state index in [4.69, 9.17) is 4.74 Å². The van der Waals surface area contributed by atoms with Gasteiger partial charge in [-0.15, -0.1) is 0 Å². The summed E-state index contributed by atoms with van der Waals surface area (Å²) in [5, 5.41) is 5.44. The highest BCUT2D eigenvalue weighted by Gasteiger charge is 2.08. The predicted octanol–water partition coefficient (Wildman–Crippen LogP) is 3.25. The molecule has 2 aromatic carbocycles. The Kier molecular flexibility index (Phi) is 8.71. The summed E-state index contributed by atoms with van der Waals surface area (Å²) in [6, 6.07) is 17.1. The van der Waals surface area contributed by atoms with Crippen molar-refractivity contribution < 1.29 is 14.3 Å². The SMILES string of the molecule is CC(C)Oc1ccc(C(=O)NCC(=O)NCCSCc2ccccc2)cc1. The van der Waals surface area contributed by atoms with Gasteiger partial charge in [0.25, 0.3) is 5.91 Å². The van der Waals surface area contributed by atoms with Crippen molar-refractivity contribution in [1.82, 2.24) is 10.6 Å². The van der Waals surface area contributed by atoms with E-state index in [9.17, 15) is 9.59 Å². The number of hydrogen-bond donors (Lipinski definition) is 2. The lowest BCUT2D eigenvalue weighted by atomic mass is 10.2. The average molecular weight is 387 g/mol. The van der Waals surface area contributed by atoms with Crippen LogP contribution in [0.5, 0.6) is 5.75 Å². The first-order valence-corrected chi connectivity index (χ1v) is 10.1. The first-order valence-electron chi connectivity index (χ1n) is 8.98. The van der Waals surface area contributed by atoms with Crippen LogP contribution in [0.15, 0.2) is 54.6 Å². The third kappa shape index (κ3) is 8.17. The third-order valence-electron chi connectivity index (χ3n) is 3.58. The highest BCUT2D eigenvalue weighted by atomic mass is 32.2. The third-order valence-corrected chi connectivity index (χ3v) is 4.61. The molecule has 0 bridgehead atoms. The Hall–Kier alpha value is -2.47. The van der Waals surface area contributed by atoms with Crippen LogP contribution in [0.2, 0.25) is 0 Å². The van der Waals surface area contributed by atoms with Crippen molar-refractivity contribution in [2.45, 2.75) is 25.7 Å². The van der Waals surface area contributed by atoms with Crippen molar-refractivity contribution in [1.29, 1.82) is 0 Å². The zero-order valence-electron chi connectivity index (χ0n) is 15.7. The van der Waals surface area contributed by atoms with E-state index < -0.39 is 0 Å². The van der Waals surface area contributed by atoms with Gasteiger partial charge in [-0.3, -0.25) is 9.59 Å². The van der Waals surface area contributed by atoms with Crippen molar-refractivity contribution in [3.63, 3.8) is 0 Å². The molecule has 2 amide bonds. The van der Waals surface area contributed by atoms with Crippen LogP contribution >= 0.6 is 11.8 Å². The molecule has 0 spiro atoms. The van der Waals surface area contributed by atoms with Crippen molar-refractivity contribution in [2.24, 2.45) is 0 Å². The lowest BCUT2D eigenvalue weighted by Crippen LogP contribution is -2.37. The van der Waals surface area contributed by atoms with E-state index in [0.717, 1.165) is 11.5 Å². The fourth-order valence-electron chi connectivity index (χ4n) is 2.31. The number of carbonyl (C=O) groups is 2. The van der Waals surface area contributed by atoms with E-state index in [1.54, 1.807) is 36.0 Å². The van der Waals surface area contributed by atoms with Crippen LogP contribution in [0.3, 0.4) is 0 Å². The highest BCUT2D eigenvalue weighted by Crippen LogP contribution is 2.13. The van der Waals surface area contributed by atoms with Gasteiger partial charge in [0, 0.05) is 23.6 Å². The largest absolute Gasteiger partial charge is 0.491 e. The second kappa shape index (κ2) is 11.3. The van der Waals surface area contributed by atoms with E-state index in [-0.39, 0.29) is 24.5 Å².